The first kappa shape index (κ1) is 13.8. The van der Waals surface area contributed by atoms with Gasteiger partial charge in [-0.15, -0.1) is 0 Å². The average Bonchev–Trinajstić information content (AvgIpc) is 2.28. The van der Waals surface area contributed by atoms with Crippen LogP contribution in [0.4, 0.5) is 0 Å². The Morgan fingerprint density at radius 1 is 1.50 bits per heavy atom. The summed E-state index contributed by atoms with van der Waals surface area (Å²) in [5.41, 5.74) is 5.94. The van der Waals surface area contributed by atoms with Crippen LogP contribution in [-0.4, -0.2) is 41.4 Å². The molecule has 0 aromatic heterocycles. The minimum atomic E-state index is -0.305. The zero-order valence-electron chi connectivity index (χ0n) is 10.6. The van der Waals surface area contributed by atoms with Gasteiger partial charge in [-0.05, 0) is 44.1 Å². The van der Waals surface area contributed by atoms with Crippen molar-refractivity contribution in [3.05, 3.63) is 0 Å². The van der Waals surface area contributed by atoms with Crippen molar-refractivity contribution in [1.82, 2.24) is 4.90 Å². The Morgan fingerprint density at radius 3 is 2.81 bits per heavy atom. The van der Waals surface area contributed by atoms with Crippen molar-refractivity contribution < 1.29 is 4.79 Å². The Labute approximate surface area is 103 Å². The first-order valence-corrected chi connectivity index (χ1v) is 7.50. The van der Waals surface area contributed by atoms with Gasteiger partial charge in [0.2, 0.25) is 5.91 Å². The molecule has 1 fully saturated rings. The topological polar surface area (TPSA) is 46.3 Å². The first-order chi connectivity index (χ1) is 7.56. The molecule has 3 nitrogen and oxygen atoms in total. The maximum Gasteiger partial charge on any atom is 0.239 e. The van der Waals surface area contributed by atoms with Gasteiger partial charge in [0.15, 0.2) is 0 Å². The highest BCUT2D eigenvalue weighted by atomic mass is 32.2. The van der Waals surface area contributed by atoms with Crippen LogP contribution in [0.1, 0.15) is 33.1 Å². The first-order valence-electron chi connectivity index (χ1n) is 6.11. The number of likely N-dealkylation sites (tertiary alicyclic amines) is 1. The van der Waals surface area contributed by atoms with Crippen molar-refractivity contribution in [3.8, 4) is 0 Å². The molecular formula is C12H24N2OS. The van der Waals surface area contributed by atoms with E-state index < -0.39 is 0 Å². The van der Waals surface area contributed by atoms with E-state index >= 15 is 0 Å². The Bertz CT molecular complexity index is 235. The fourth-order valence-electron chi connectivity index (χ4n) is 2.18. The van der Waals surface area contributed by atoms with Crippen LogP contribution in [0.15, 0.2) is 0 Å². The summed E-state index contributed by atoms with van der Waals surface area (Å²) in [6.07, 6.45) is 5.17. The molecule has 94 valence electrons. The van der Waals surface area contributed by atoms with Gasteiger partial charge in [0.1, 0.15) is 0 Å². The molecule has 0 radical (unpaired) electrons. The van der Waals surface area contributed by atoms with E-state index in [0.717, 1.165) is 25.1 Å². The van der Waals surface area contributed by atoms with Crippen LogP contribution in [0.25, 0.3) is 0 Å². The molecule has 1 amide bonds. The van der Waals surface area contributed by atoms with Crippen LogP contribution >= 0.6 is 11.8 Å². The highest BCUT2D eigenvalue weighted by Gasteiger charge is 2.29. The highest BCUT2D eigenvalue weighted by Crippen LogP contribution is 2.22. The minimum absolute atomic E-state index is 0.146. The molecule has 0 spiro atoms. The van der Waals surface area contributed by atoms with Gasteiger partial charge in [0.05, 0.1) is 6.04 Å². The van der Waals surface area contributed by atoms with E-state index in [9.17, 15) is 4.79 Å². The van der Waals surface area contributed by atoms with E-state index in [1.807, 2.05) is 11.2 Å². The van der Waals surface area contributed by atoms with Crippen molar-refractivity contribution in [2.24, 2.45) is 11.7 Å². The molecule has 16 heavy (non-hydrogen) atoms. The Hall–Kier alpha value is -0.220. The van der Waals surface area contributed by atoms with Gasteiger partial charge in [-0.3, -0.25) is 4.79 Å². The van der Waals surface area contributed by atoms with Gasteiger partial charge in [0, 0.05) is 12.6 Å². The number of hydrogen-bond acceptors (Lipinski definition) is 3. The van der Waals surface area contributed by atoms with E-state index in [1.165, 1.54) is 6.42 Å². The van der Waals surface area contributed by atoms with E-state index in [4.69, 9.17) is 5.73 Å². The van der Waals surface area contributed by atoms with Crippen molar-refractivity contribution in [2.45, 2.75) is 45.2 Å². The fraction of sp³-hybridized carbons (Fsp3) is 0.917. The van der Waals surface area contributed by atoms with Crippen LogP contribution < -0.4 is 5.73 Å². The van der Waals surface area contributed by atoms with Crippen molar-refractivity contribution in [2.75, 3.05) is 18.6 Å². The van der Waals surface area contributed by atoms with Crippen LogP contribution in [0.3, 0.4) is 0 Å². The molecule has 2 N–H and O–H groups in total. The summed E-state index contributed by atoms with van der Waals surface area (Å²) in [5.74, 6) is 1.73. The smallest absolute Gasteiger partial charge is 0.239 e. The van der Waals surface area contributed by atoms with E-state index in [0.29, 0.717) is 12.0 Å². The second-order valence-corrected chi connectivity index (χ2v) is 5.90. The second-order valence-electron chi connectivity index (χ2n) is 4.91. The number of amides is 1. The number of carbonyl (C=O) groups is 1. The van der Waals surface area contributed by atoms with Crippen molar-refractivity contribution >= 4 is 17.7 Å². The third-order valence-corrected chi connectivity index (χ3v) is 3.99. The lowest BCUT2D eigenvalue weighted by atomic mass is 9.94. The van der Waals surface area contributed by atoms with E-state index in [1.54, 1.807) is 11.8 Å². The number of thioether (sulfide) groups is 1. The molecule has 2 unspecified atom stereocenters. The molecule has 1 saturated heterocycles. The van der Waals surface area contributed by atoms with Crippen LogP contribution in [0.2, 0.25) is 0 Å². The molecule has 1 aliphatic rings. The molecule has 0 aromatic carbocycles. The van der Waals surface area contributed by atoms with Gasteiger partial charge in [-0.1, -0.05) is 6.92 Å². The lowest BCUT2D eigenvalue weighted by Crippen LogP contribution is -2.51. The van der Waals surface area contributed by atoms with Crippen molar-refractivity contribution in [1.29, 1.82) is 0 Å². The van der Waals surface area contributed by atoms with E-state index in [-0.39, 0.29) is 11.9 Å². The maximum atomic E-state index is 12.2. The number of nitrogens with zero attached hydrogens (tertiary/aromatic N) is 1. The van der Waals surface area contributed by atoms with Gasteiger partial charge in [0.25, 0.3) is 0 Å². The molecular weight excluding hydrogens is 220 g/mol. The van der Waals surface area contributed by atoms with Crippen molar-refractivity contribution in [3.63, 3.8) is 0 Å². The quantitative estimate of drug-likeness (QED) is 0.819. The predicted molar refractivity (Wildman–Crippen MR) is 70.5 cm³/mol. The largest absolute Gasteiger partial charge is 0.338 e. The van der Waals surface area contributed by atoms with Gasteiger partial charge in [-0.2, -0.15) is 11.8 Å². The third-order valence-electron chi connectivity index (χ3n) is 3.35. The normalized spacial score (nSPS) is 27.9. The SMILES string of the molecule is CSCC[C@H](N)C(=O)N1CC(C)CCC1C. The van der Waals surface area contributed by atoms with Crippen LogP contribution in [-0.2, 0) is 4.79 Å². The predicted octanol–water partition coefficient (Wildman–Crippen LogP) is 1.71. The third kappa shape index (κ3) is 3.67. The van der Waals surface area contributed by atoms with Gasteiger partial charge >= 0.3 is 0 Å². The number of rotatable bonds is 4. The maximum absolute atomic E-state index is 12.2. The van der Waals surface area contributed by atoms with Gasteiger partial charge in [-0.25, -0.2) is 0 Å². The molecule has 1 aliphatic heterocycles. The lowest BCUT2D eigenvalue weighted by Gasteiger charge is -2.38. The summed E-state index contributed by atoms with van der Waals surface area (Å²) in [6.45, 7) is 5.22. The molecule has 0 bridgehead atoms. The summed E-state index contributed by atoms with van der Waals surface area (Å²) in [7, 11) is 0. The average molecular weight is 244 g/mol. The zero-order chi connectivity index (χ0) is 12.1. The fourth-order valence-corrected chi connectivity index (χ4v) is 2.67. The highest BCUT2D eigenvalue weighted by molar-refractivity contribution is 7.98. The minimum Gasteiger partial charge on any atom is -0.338 e. The van der Waals surface area contributed by atoms with Crippen LogP contribution in [0.5, 0.6) is 0 Å². The standard InChI is InChI=1S/C12H24N2OS/c1-9-4-5-10(2)14(8-9)12(15)11(13)6-7-16-3/h9-11H,4-8,13H2,1-3H3/t9?,10?,11-/m0/s1. The molecule has 3 atom stereocenters. The zero-order valence-corrected chi connectivity index (χ0v) is 11.4. The summed E-state index contributed by atoms with van der Waals surface area (Å²) >= 11 is 1.74. The molecule has 1 rings (SSSR count). The Balaban J connectivity index is 2.50. The molecule has 1 heterocycles. The number of nitrogens with two attached hydrogens (primary N) is 1. The molecule has 4 heteroatoms. The number of hydrogen-bond donors (Lipinski definition) is 1. The lowest BCUT2D eigenvalue weighted by molar-refractivity contribution is -0.136. The number of carbonyl (C=O) groups excluding carboxylic acids is 1. The Morgan fingerprint density at radius 2 is 2.19 bits per heavy atom. The molecule has 0 aliphatic carbocycles. The summed E-state index contributed by atoms with van der Waals surface area (Å²) in [4.78, 5) is 14.1. The summed E-state index contributed by atoms with van der Waals surface area (Å²) in [5, 5.41) is 0. The summed E-state index contributed by atoms with van der Waals surface area (Å²) < 4.78 is 0. The summed E-state index contributed by atoms with van der Waals surface area (Å²) in [6, 6.07) is 0.0595. The second kappa shape index (κ2) is 6.50. The van der Waals surface area contributed by atoms with Gasteiger partial charge < -0.3 is 10.6 Å². The number of piperidine rings is 1. The van der Waals surface area contributed by atoms with Crippen LogP contribution in [0, 0.1) is 5.92 Å². The monoisotopic (exact) mass is 244 g/mol. The molecule has 0 aromatic rings. The molecule has 0 saturated carbocycles. The van der Waals surface area contributed by atoms with E-state index in [2.05, 4.69) is 13.8 Å². The Kier molecular flexibility index (Phi) is 5.62.